The van der Waals surface area contributed by atoms with E-state index in [1.807, 2.05) is 12.4 Å². The summed E-state index contributed by atoms with van der Waals surface area (Å²) < 4.78 is 2.27. The van der Waals surface area contributed by atoms with E-state index in [4.69, 9.17) is 5.73 Å². The standard InChI is InChI=1S/C14H20N4/c1-17-6-4-11(15)8-13(17)14-7-10-9-16-5-3-12(10)18(14)2/h3,5,7,9,11,13H,4,6,8,15H2,1-2H3. The minimum atomic E-state index is 0.322. The van der Waals surface area contributed by atoms with Crippen LogP contribution in [0.25, 0.3) is 10.9 Å². The molecule has 1 aliphatic rings. The number of likely N-dealkylation sites (tertiary alicyclic amines) is 1. The molecule has 4 heteroatoms. The van der Waals surface area contributed by atoms with Crippen molar-refractivity contribution in [3.05, 3.63) is 30.2 Å². The van der Waals surface area contributed by atoms with E-state index in [1.54, 1.807) is 0 Å². The number of piperidine rings is 1. The largest absolute Gasteiger partial charge is 0.346 e. The highest BCUT2D eigenvalue weighted by Gasteiger charge is 2.27. The average Bonchev–Trinajstić information content (AvgIpc) is 2.71. The number of aryl methyl sites for hydroxylation is 1. The van der Waals surface area contributed by atoms with E-state index in [0.717, 1.165) is 19.4 Å². The second-order valence-corrected chi connectivity index (χ2v) is 5.34. The van der Waals surface area contributed by atoms with Gasteiger partial charge < -0.3 is 10.3 Å². The first-order chi connectivity index (χ1) is 8.66. The van der Waals surface area contributed by atoms with E-state index in [0.29, 0.717) is 12.1 Å². The Labute approximate surface area is 107 Å². The summed E-state index contributed by atoms with van der Waals surface area (Å²) >= 11 is 0. The second kappa shape index (κ2) is 4.37. The van der Waals surface area contributed by atoms with Crippen LogP contribution in [0.3, 0.4) is 0 Å². The fourth-order valence-electron chi connectivity index (χ4n) is 2.99. The Kier molecular flexibility index (Phi) is 2.84. The van der Waals surface area contributed by atoms with Gasteiger partial charge >= 0.3 is 0 Å². The van der Waals surface area contributed by atoms with Crippen LogP contribution in [-0.4, -0.2) is 34.1 Å². The van der Waals surface area contributed by atoms with Crippen molar-refractivity contribution >= 4 is 10.9 Å². The third-order valence-electron chi connectivity index (χ3n) is 4.13. The molecule has 0 amide bonds. The zero-order chi connectivity index (χ0) is 12.7. The minimum Gasteiger partial charge on any atom is -0.346 e. The molecule has 2 aromatic heterocycles. The molecule has 2 N–H and O–H groups in total. The molecule has 0 saturated carbocycles. The van der Waals surface area contributed by atoms with Crippen molar-refractivity contribution in [2.24, 2.45) is 12.8 Å². The normalized spacial score (nSPS) is 25.7. The van der Waals surface area contributed by atoms with Gasteiger partial charge in [0.1, 0.15) is 0 Å². The molecule has 0 radical (unpaired) electrons. The van der Waals surface area contributed by atoms with E-state index in [2.05, 4.69) is 40.7 Å². The van der Waals surface area contributed by atoms with Gasteiger partial charge in [0.2, 0.25) is 0 Å². The fourth-order valence-corrected chi connectivity index (χ4v) is 2.99. The molecule has 0 aliphatic carbocycles. The van der Waals surface area contributed by atoms with E-state index >= 15 is 0 Å². The number of nitrogens with zero attached hydrogens (tertiary/aromatic N) is 3. The van der Waals surface area contributed by atoms with E-state index in [9.17, 15) is 0 Å². The van der Waals surface area contributed by atoms with Crippen molar-refractivity contribution in [1.82, 2.24) is 14.5 Å². The molecule has 2 aromatic rings. The molecule has 0 aromatic carbocycles. The predicted octanol–water partition coefficient (Wildman–Crippen LogP) is 1.67. The van der Waals surface area contributed by atoms with Crippen molar-refractivity contribution < 1.29 is 0 Å². The van der Waals surface area contributed by atoms with Gasteiger partial charge in [0.25, 0.3) is 0 Å². The quantitative estimate of drug-likeness (QED) is 0.830. The first-order valence-electron chi connectivity index (χ1n) is 6.52. The van der Waals surface area contributed by atoms with Crippen molar-refractivity contribution in [2.45, 2.75) is 24.9 Å². The van der Waals surface area contributed by atoms with Crippen LogP contribution in [0.4, 0.5) is 0 Å². The summed E-state index contributed by atoms with van der Waals surface area (Å²) in [6, 6.07) is 5.07. The van der Waals surface area contributed by atoms with Crippen LogP contribution in [0.1, 0.15) is 24.6 Å². The lowest BCUT2D eigenvalue weighted by molar-refractivity contribution is 0.165. The lowest BCUT2D eigenvalue weighted by Crippen LogP contribution is -2.40. The van der Waals surface area contributed by atoms with Gasteiger partial charge in [-0.3, -0.25) is 9.88 Å². The maximum Gasteiger partial charge on any atom is 0.0512 e. The Morgan fingerprint density at radius 2 is 2.22 bits per heavy atom. The molecule has 2 unspecified atom stereocenters. The highest BCUT2D eigenvalue weighted by molar-refractivity contribution is 5.80. The van der Waals surface area contributed by atoms with Crippen LogP contribution in [0.15, 0.2) is 24.5 Å². The van der Waals surface area contributed by atoms with Gasteiger partial charge in [0.05, 0.1) is 11.6 Å². The monoisotopic (exact) mass is 244 g/mol. The molecule has 3 heterocycles. The molecule has 4 nitrogen and oxygen atoms in total. The molecule has 0 bridgehead atoms. The Balaban J connectivity index is 2.05. The maximum absolute atomic E-state index is 6.12. The number of rotatable bonds is 1. The second-order valence-electron chi connectivity index (χ2n) is 5.34. The first kappa shape index (κ1) is 11.7. The zero-order valence-corrected chi connectivity index (χ0v) is 11.0. The van der Waals surface area contributed by atoms with Gasteiger partial charge in [-0.25, -0.2) is 0 Å². The lowest BCUT2D eigenvalue weighted by atomic mass is 9.96. The van der Waals surface area contributed by atoms with Crippen LogP contribution in [-0.2, 0) is 7.05 Å². The number of pyridine rings is 1. The number of hydrogen-bond donors (Lipinski definition) is 1. The molecule has 18 heavy (non-hydrogen) atoms. The fraction of sp³-hybridized carbons (Fsp3) is 0.500. The van der Waals surface area contributed by atoms with Crippen molar-refractivity contribution in [2.75, 3.05) is 13.6 Å². The molecule has 2 atom stereocenters. The average molecular weight is 244 g/mol. The van der Waals surface area contributed by atoms with Gasteiger partial charge in [0.15, 0.2) is 0 Å². The number of hydrogen-bond acceptors (Lipinski definition) is 3. The highest BCUT2D eigenvalue weighted by atomic mass is 15.2. The van der Waals surface area contributed by atoms with Gasteiger partial charge in [-0.15, -0.1) is 0 Å². The zero-order valence-electron chi connectivity index (χ0n) is 11.0. The molecule has 1 saturated heterocycles. The van der Waals surface area contributed by atoms with Gasteiger partial charge in [0, 0.05) is 36.6 Å². The molecular weight excluding hydrogens is 224 g/mol. The Bertz CT molecular complexity index is 560. The summed E-state index contributed by atoms with van der Waals surface area (Å²) in [5, 5.41) is 1.21. The van der Waals surface area contributed by atoms with Gasteiger partial charge in [-0.05, 0) is 38.6 Å². The summed E-state index contributed by atoms with van der Waals surface area (Å²) in [6.45, 7) is 1.08. The highest BCUT2D eigenvalue weighted by Crippen LogP contribution is 2.32. The van der Waals surface area contributed by atoms with Crippen molar-refractivity contribution in [3.8, 4) is 0 Å². The summed E-state index contributed by atoms with van der Waals surface area (Å²) in [6.07, 6.45) is 5.91. The summed E-state index contributed by atoms with van der Waals surface area (Å²) in [7, 11) is 4.32. The Hall–Kier alpha value is -1.39. The maximum atomic E-state index is 6.12. The van der Waals surface area contributed by atoms with Crippen LogP contribution < -0.4 is 5.73 Å². The lowest BCUT2D eigenvalue weighted by Gasteiger charge is -2.36. The number of nitrogens with two attached hydrogens (primary N) is 1. The Morgan fingerprint density at radius 1 is 1.39 bits per heavy atom. The molecule has 0 spiro atoms. The van der Waals surface area contributed by atoms with Crippen molar-refractivity contribution in [3.63, 3.8) is 0 Å². The molecule has 1 aliphatic heterocycles. The van der Waals surface area contributed by atoms with Crippen LogP contribution in [0.2, 0.25) is 0 Å². The SMILES string of the molecule is CN1CCC(N)CC1c1cc2cnccc2n1C. The third kappa shape index (κ3) is 1.82. The number of aromatic nitrogens is 2. The van der Waals surface area contributed by atoms with Gasteiger partial charge in [-0.2, -0.15) is 0 Å². The number of fused-ring (bicyclic) bond motifs is 1. The summed E-state index contributed by atoms with van der Waals surface area (Å²) in [4.78, 5) is 6.60. The van der Waals surface area contributed by atoms with E-state index in [-0.39, 0.29) is 0 Å². The topological polar surface area (TPSA) is 47.1 Å². The van der Waals surface area contributed by atoms with Crippen LogP contribution >= 0.6 is 0 Å². The van der Waals surface area contributed by atoms with Crippen molar-refractivity contribution in [1.29, 1.82) is 0 Å². The van der Waals surface area contributed by atoms with E-state index in [1.165, 1.54) is 16.6 Å². The van der Waals surface area contributed by atoms with Crippen LogP contribution in [0.5, 0.6) is 0 Å². The molecule has 1 fully saturated rings. The first-order valence-corrected chi connectivity index (χ1v) is 6.52. The molecule has 3 rings (SSSR count). The van der Waals surface area contributed by atoms with E-state index < -0.39 is 0 Å². The smallest absolute Gasteiger partial charge is 0.0512 e. The van der Waals surface area contributed by atoms with Gasteiger partial charge in [-0.1, -0.05) is 0 Å². The summed E-state index contributed by atoms with van der Waals surface area (Å²) in [5.41, 5.74) is 8.71. The molecule has 96 valence electrons. The minimum absolute atomic E-state index is 0.322. The summed E-state index contributed by atoms with van der Waals surface area (Å²) in [5.74, 6) is 0. The predicted molar refractivity (Wildman–Crippen MR) is 73.3 cm³/mol. The third-order valence-corrected chi connectivity index (χ3v) is 4.13. The van der Waals surface area contributed by atoms with Crippen LogP contribution in [0, 0.1) is 0 Å². The Morgan fingerprint density at radius 3 is 3.00 bits per heavy atom. The molecular formula is C14H20N4.